The summed E-state index contributed by atoms with van der Waals surface area (Å²) in [7, 11) is 3.92. The van der Waals surface area contributed by atoms with Crippen LogP contribution in [0.15, 0.2) is 12.4 Å². The summed E-state index contributed by atoms with van der Waals surface area (Å²) >= 11 is 0. The summed E-state index contributed by atoms with van der Waals surface area (Å²) in [6.07, 6.45) is 7.87. The fourth-order valence-electron chi connectivity index (χ4n) is 2.20. The Kier molecular flexibility index (Phi) is 3.38. The van der Waals surface area contributed by atoms with E-state index >= 15 is 0 Å². The molecular weight excluding hydrogens is 190 g/mol. The average Bonchev–Trinajstić information content (AvgIpc) is 2.68. The van der Waals surface area contributed by atoms with Crippen LogP contribution in [0, 0.1) is 0 Å². The highest BCUT2D eigenvalue weighted by atomic mass is 16.5. The number of rotatable bonds is 3. The summed E-state index contributed by atoms with van der Waals surface area (Å²) in [4.78, 5) is 0. The van der Waals surface area contributed by atoms with Crippen molar-refractivity contribution in [3.8, 4) is 0 Å². The van der Waals surface area contributed by atoms with E-state index in [1.807, 2.05) is 25.0 Å². The Morgan fingerprint density at radius 1 is 1.60 bits per heavy atom. The molecule has 1 N–H and O–H groups in total. The van der Waals surface area contributed by atoms with E-state index in [0.29, 0.717) is 6.10 Å². The van der Waals surface area contributed by atoms with Crippen molar-refractivity contribution < 1.29 is 4.74 Å². The number of aryl methyl sites for hydroxylation is 1. The van der Waals surface area contributed by atoms with Gasteiger partial charge in [-0.05, 0) is 26.3 Å². The molecule has 1 aliphatic heterocycles. The molecule has 0 radical (unpaired) electrons. The molecule has 2 unspecified atom stereocenters. The third-order valence-corrected chi connectivity index (χ3v) is 2.98. The Hall–Kier alpha value is -0.870. The fourth-order valence-corrected chi connectivity index (χ4v) is 2.20. The molecule has 84 valence electrons. The van der Waals surface area contributed by atoms with Gasteiger partial charge in [0.05, 0.1) is 18.3 Å². The number of hydrogen-bond donors (Lipinski definition) is 1. The molecular formula is C11H19N3O. The first-order valence-electron chi connectivity index (χ1n) is 5.58. The zero-order valence-electron chi connectivity index (χ0n) is 9.44. The van der Waals surface area contributed by atoms with Gasteiger partial charge in [-0.15, -0.1) is 0 Å². The highest BCUT2D eigenvalue weighted by Gasteiger charge is 2.25. The minimum atomic E-state index is 0.277. The molecule has 2 rings (SSSR count). The Morgan fingerprint density at radius 3 is 3.00 bits per heavy atom. The zero-order chi connectivity index (χ0) is 10.7. The second-order valence-corrected chi connectivity index (χ2v) is 4.12. The van der Waals surface area contributed by atoms with Gasteiger partial charge in [0, 0.05) is 25.4 Å². The van der Waals surface area contributed by atoms with Crippen molar-refractivity contribution in [2.75, 3.05) is 13.7 Å². The summed E-state index contributed by atoms with van der Waals surface area (Å²) in [5.41, 5.74) is 1.21. The minimum Gasteiger partial charge on any atom is -0.376 e. The van der Waals surface area contributed by atoms with Gasteiger partial charge in [-0.2, -0.15) is 5.10 Å². The number of ether oxygens (including phenoxy) is 1. The van der Waals surface area contributed by atoms with Crippen LogP contribution in [0.4, 0.5) is 0 Å². The normalized spacial score (nSPS) is 24.0. The summed E-state index contributed by atoms with van der Waals surface area (Å²) in [5, 5.41) is 7.52. The van der Waals surface area contributed by atoms with E-state index in [1.165, 1.54) is 18.4 Å². The second kappa shape index (κ2) is 4.77. The molecule has 1 saturated heterocycles. The van der Waals surface area contributed by atoms with Crippen molar-refractivity contribution in [1.29, 1.82) is 0 Å². The van der Waals surface area contributed by atoms with Crippen LogP contribution < -0.4 is 5.32 Å². The van der Waals surface area contributed by atoms with E-state index in [1.54, 1.807) is 0 Å². The molecule has 1 aliphatic rings. The minimum absolute atomic E-state index is 0.277. The lowest BCUT2D eigenvalue weighted by atomic mass is 9.98. The van der Waals surface area contributed by atoms with E-state index in [-0.39, 0.29) is 6.04 Å². The summed E-state index contributed by atoms with van der Waals surface area (Å²) in [6.45, 7) is 0.892. The Labute approximate surface area is 90.6 Å². The number of aromatic nitrogens is 2. The highest BCUT2D eigenvalue weighted by Crippen LogP contribution is 2.25. The third-order valence-electron chi connectivity index (χ3n) is 2.98. The standard InChI is InChI=1S/C11H19N3O/c1-12-11(9-7-13-14(2)8-9)10-5-3-4-6-15-10/h7-8,10-12H,3-6H2,1-2H3. The predicted molar refractivity (Wildman–Crippen MR) is 58.6 cm³/mol. The Balaban J connectivity index is 2.08. The van der Waals surface area contributed by atoms with Crippen LogP contribution in [0.1, 0.15) is 30.9 Å². The van der Waals surface area contributed by atoms with Gasteiger partial charge in [0.15, 0.2) is 0 Å². The maximum absolute atomic E-state index is 5.80. The van der Waals surface area contributed by atoms with E-state index in [2.05, 4.69) is 16.6 Å². The van der Waals surface area contributed by atoms with Gasteiger partial charge >= 0.3 is 0 Å². The maximum Gasteiger partial charge on any atom is 0.0770 e. The first-order chi connectivity index (χ1) is 7.31. The molecule has 0 bridgehead atoms. The molecule has 1 aromatic rings. The van der Waals surface area contributed by atoms with Crippen molar-refractivity contribution in [3.63, 3.8) is 0 Å². The van der Waals surface area contributed by atoms with Crippen molar-refractivity contribution in [3.05, 3.63) is 18.0 Å². The van der Waals surface area contributed by atoms with Crippen LogP contribution in [0.2, 0.25) is 0 Å². The van der Waals surface area contributed by atoms with Crippen LogP contribution in [0.5, 0.6) is 0 Å². The van der Waals surface area contributed by atoms with Gasteiger partial charge in [-0.3, -0.25) is 4.68 Å². The fraction of sp³-hybridized carbons (Fsp3) is 0.727. The average molecular weight is 209 g/mol. The molecule has 0 aromatic carbocycles. The molecule has 15 heavy (non-hydrogen) atoms. The van der Waals surface area contributed by atoms with E-state index in [9.17, 15) is 0 Å². The van der Waals surface area contributed by atoms with Gasteiger partial charge in [0.1, 0.15) is 0 Å². The van der Waals surface area contributed by atoms with Crippen molar-refractivity contribution >= 4 is 0 Å². The van der Waals surface area contributed by atoms with E-state index in [4.69, 9.17) is 4.74 Å². The smallest absolute Gasteiger partial charge is 0.0770 e. The Morgan fingerprint density at radius 2 is 2.47 bits per heavy atom. The summed E-state index contributed by atoms with van der Waals surface area (Å²) in [6, 6.07) is 0.277. The lowest BCUT2D eigenvalue weighted by Gasteiger charge is -2.29. The largest absolute Gasteiger partial charge is 0.376 e. The third kappa shape index (κ3) is 2.38. The summed E-state index contributed by atoms with van der Waals surface area (Å²) < 4.78 is 7.63. The molecule has 4 heteroatoms. The van der Waals surface area contributed by atoms with E-state index < -0.39 is 0 Å². The molecule has 1 aromatic heterocycles. The summed E-state index contributed by atoms with van der Waals surface area (Å²) in [5.74, 6) is 0. The first kappa shape index (κ1) is 10.6. The van der Waals surface area contributed by atoms with Gasteiger partial charge in [-0.25, -0.2) is 0 Å². The zero-order valence-corrected chi connectivity index (χ0v) is 9.44. The highest BCUT2D eigenvalue weighted by molar-refractivity contribution is 5.12. The molecule has 1 fully saturated rings. The molecule has 4 nitrogen and oxygen atoms in total. The van der Waals surface area contributed by atoms with Crippen molar-refractivity contribution in [2.45, 2.75) is 31.4 Å². The second-order valence-electron chi connectivity index (χ2n) is 4.12. The lowest BCUT2D eigenvalue weighted by molar-refractivity contribution is -0.00663. The van der Waals surface area contributed by atoms with Crippen molar-refractivity contribution in [1.82, 2.24) is 15.1 Å². The van der Waals surface area contributed by atoms with Crippen molar-refractivity contribution in [2.24, 2.45) is 7.05 Å². The van der Waals surface area contributed by atoms with Crippen LogP contribution in [0.25, 0.3) is 0 Å². The predicted octanol–water partition coefficient (Wildman–Crippen LogP) is 1.25. The lowest BCUT2D eigenvalue weighted by Crippen LogP contribution is -2.33. The SMILES string of the molecule is CNC(c1cnn(C)c1)C1CCCCO1. The van der Waals surface area contributed by atoms with Crippen LogP contribution in [-0.4, -0.2) is 29.5 Å². The first-order valence-corrected chi connectivity index (χ1v) is 5.58. The molecule has 2 heterocycles. The van der Waals surface area contributed by atoms with Crippen LogP contribution in [0.3, 0.4) is 0 Å². The van der Waals surface area contributed by atoms with E-state index in [0.717, 1.165) is 13.0 Å². The van der Waals surface area contributed by atoms with Gasteiger partial charge in [-0.1, -0.05) is 0 Å². The monoisotopic (exact) mass is 209 g/mol. The number of hydrogen-bond acceptors (Lipinski definition) is 3. The maximum atomic E-state index is 5.80. The molecule has 0 amide bonds. The molecule has 0 saturated carbocycles. The molecule has 0 spiro atoms. The molecule has 2 atom stereocenters. The number of likely N-dealkylation sites (N-methyl/N-ethyl adjacent to an activating group) is 1. The Bertz CT molecular complexity index is 305. The number of nitrogens with one attached hydrogen (secondary N) is 1. The quantitative estimate of drug-likeness (QED) is 0.814. The number of nitrogens with zero attached hydrogens (tertiary/aromatic N) is 2. The van der Waals surface area contributed by atoms with Crippen LogP contribution in [-0.2, 0) is 11.8 Å². The van der Waals surface area contributed by atoms with Gasteiger partial charge in [0.2, 0.25) is 0 Å². The molecule has 0 aliphatic carbocycles. The topological polar surface area (TPSA) is 39.1 Å². The van der Waals surface area contributed by atoms with Gasteiger partial charge in [0.25, 0.3) is 0 Å². The van der Waals surface area contributed by atoms with Gasteiger partial charge < -0.3 is 10.1 Å². The van der Waals surface area contributed by atoms with Crippen LogP contribution >= 0.6 is 0 Å².